The largest absolute Gasteiger partial charge is 0.490 e. The van der Waals surface area contributed by atoms with E-state index in [1.807, 2.05) is 58.9 Å². The van der Waals surface area contributed by atoms with Gasteiger partial charge in [0, 0.05) is 13.2 Å². The average molecular weight is 777 g/mol. The molecule has 0 spiro atoms. The van der Waals surface area contributed by atoms with Gasteiger partial charge in [-0.2, -0.15) is 0 Å². The van der Waals surface area contributed by atoms with Gasteiger partial charge in [-0.1, -0.05) is 99.6 Å². The van der Waals surface area contributed by atoms with Gasteiger partial charge < -0.3 is 14.2 Å². The molecule has 0 heterocycles. The van der Waals surface area contributed by atoms with E-state index in [1.165, 1.54) is 12.8 Å². The summed E-state index contributed by atoms with van der Waals surface area (Å²) in [5.74, 6) is 0.950. The number of allylic oxidation sites excluding steroid dienone is 1. The van der Waals surface area contributed by atoms with Crippen LogP contribution in [-0.2, 0) is 29.1 Å². The molecule has 1 aliphatic carbocycles. The second-order valence-corrected chi connectivity index (χ2v) is 22.8. The Labute approximate surface area is 324 Å². The molecule has 2 aromatic carbocycles. The monoisotopic (exact) mass is 776 g/mol. The van der Waals surface area contributed by atoms with Gasteiger partial charge in [0.25, 0.3) is 0 Å². The molecule has 3 rings (SSSR count). The third kappa shape index (κ3) is 19.8. The van der Waals surface area contributed by atoms with Gasteiger partial charge in [-0.25, -0.2) is 16.8 Å². The van der Waals surface area contributed by atoms with Crippen molar-refractivity contribution in [2.45, 2.75) is 143 Å². The number of ether oxygens (including phenoxy) is 3. The molecule has 2 aromatic rings. The molecule has 0 atom stereocenters. The molecule has 302 valence electrons. The molecule has 1 saturated carbocycles. The van der Waals surface area contributed by atoms with E-state index in [4.69, 9.17) is 14.2 Å². The quantitative estimate of drug-likeness (QED) is 0.131. The maximum Gasteiger partial charge on any atom is 0.179 e. The van der Waals surface area contributed by atoms with Crippen molar-refractivity contribution in [1.29, 1.82) is 0 Å². The average Bonchev–Trinajstić information content (AvgIpc) is 3.52. The zero-order chi connectivity index (χ0) is 40.0. The van der Waals surface area contributed by atoms with Crippen LogP contribution < -0.4 is 4.74 Å². The highest BCUT2D eigenvalue weighted by molar-refractivity contribution is 7.91. The van der Waals surface area contributed by atoms with Gasteiger partial charge in [0.05, 0.1) is 40.6 Å². The highest BCUT2D eigenvalue weighted by Crippen LogP contribution is 2.31. The SMILES string of the molecule is C/C=C\c1cccc(S(=O)(=O)CC(C)(C)CCCOCC(C)(C)C)c1.CC(C)(C)COCCCC(C)(C)CS(=O)(=O)c1cccc(OC2CCCC2)c1. The fraction of sp³-hybridized carbons (Fsp3) is 0.682. The van der Waals surface area contributed by atoms with E-state index in [0.717, 1.165) is 57.3 Å². The van der Waals surface area contributed by atoms with Crippen LogP contribution in [-0.4, -0.2) is 60.9 Å². The van der Waals surface area contributed by atoms with Crippen LogP contribution >= 0.6 is 0 Å². The zero-order valence-electron chi connectivity index (χ0n) is 34.9. The molecular formula is C44H72O7S2. The molecule has 0 N–H and O–H groups in total. The van der Waals surface area contributed by atoms with Gasteiger partial charge in [0.1, 0.15) is 5.75 Å². The van der Waals surface area contributed by atoms with Gasteiger partial charge >= 0.3 is 0 Å². The van der Waals surface area contributed by atoms with Crippen LogP contribution in [0.5, 0.6) is 5.75 Å². The van der Waals surface area contributed by atoms with Crippen molar-refractivity contribution in [2.75, 3.05) is 37.9 Å². The molecule has 1 aliphatic rings. The number of rotatable bonds is 19. The van der Waals surface area contributed by atoms with Crippen LogP contribution in [0.3, 0.4) is 0 Å². The molecule has 0 aromatic heterocycles. The van der Waals surface area contributed by atoms with Crippen LogP contribution in [0.2, 0.25) is 0 Å². The lowest BCUT2D eigenvalue weighted by atomic mass is 9.90. The summed E-state index contributed by atoms with van der Waals surface area (Å²) in [5.41, 5.74) is 0.658. The van der Waals surface area contributed by atoms with E-state index in [-0.39, 0.29) is 39.3 Å². The third-order valence-corrected chi connectivity index (χ3v) is 13.1. The van der Waals surface area contributed by atoms with Crippen LogP contribution in [0, 0.1) is 21.7 Å². The summed E-state index contributed by atoms with van der Waals surface area (Å²) in [7, 11) is -6.66. The Balaban J connectivity index is 0.000000370. The number of sulfone groups is 2. The van der Waals surface area contributed by atoms with Crippen molar-refractivity contribution in [3.8, 4) is 5.75 Å². The van der Waals surface area contributed by atoms with Gasteiger partial charge in [-0.15, -0.1) is 0 Å². The molecule has 53 heavy (non-hydrogen) atoms. The van der Waals surface area contributed by atoms with E-state index < -0.39 is 19.7 Å². The van der Waals surface area contributed by atoms with Crippen LogP contribution in [0.1, 0.15) is 133 Å². The van der Waals surface area contributed by atoms with E-state index in [9.17, 15) is 16.8 Å². The summed E-state index contributed by atoms with van der Waals surface area (Å²) in [5, 5.41) is 0. The Morgan fingerprint density at radius 2 is 1.11 bits per heavy atom. The maximum absolute atomic E-state index is 13.0. The first-order valence-electron chi connectivity index (χ1n) is 19.5. The lowest BCUT2D eigenvalue weighted by molar-refractivity contribution is 0.0649. The van der Waals surface area contributed by atoms with E-state index in [2.05, 4.69) is 41.5 Å². The Hall–Kier alpha value is -2.20. The second-order valence-electron chi connectivity index (χ2n) is 18.9. The molecule has 0 radical (unpaired) electrons. The minimum absolute atomic E-state index is 0.131. The molecule has 0 saturated heterocycles. The molecule has 9 heteroatoms. The fourth-order valence-corrected chi connectivity index (χ4v) is 10.2. The van der Waals surface area contributed by atoms with Crippen molar-refractivity contribution >= 4 is 25.8 Å². The highest BCUT2D eigenvalue weighted by Gasteiger charge is 2.29. The minimum atomic E-state index is -3.36. The molecular weight excluding hydrogens is 705 g/mol. The molecule has 0 amide bonds. The Morgan fingerprint density at radius 1 is 0.660 bits per heavy atom. The smallest absolute Gasteiger partial charge is 0.179 e. The summed E-state index contributed by atoms with van der Waals surface area (Å²) < 4.78 is 68.9. The lowest BCUT2D eigenvalue weighted by Gasteiger charge is -2.25. The third-order valence-electron chi connectivity index (χ3n) is 8.86. The Morgan fingerprint density at radius 3 is 1.57 bits per heavy atom. The summed E-state index contributed by atoms with van der Waals surface area (Å²) in [6.45, 7) is 25.7. The van der Waals surface area contributed by atoms with Gasteiger partial charge in [-0.3, -0.25) is 0 Å². The Kier molecular flexibility index (Phi) is 18.3. The standard InChI is InChI=1S/C23H38O4S.C21H34O3S/c1-22(2,3)17-26-15-9-14-23(4,5)18-28(24,25)21-13-8-12-20(16-21)27-19-10-6-7-11-19;1-7-10-18-11-8-12-19(15-18)25(22,23)17-21(5,6)13-9-14-24-16-20(2,3)4/h8,12-13,16,19H,6-7,9-11,14-15,17-18H2,1-5H3;7-8,10-12,15H,9,13-14,16-17H2,1-6H3/b;10-7-. The molecule has 0 aliphatic heterocycles. The summed E-state index contributed by atoms with van der Waals surface area (Å²) in [4.78, 5) is 0.764. The lowest BCUT2D eigenvalue weighted by Crippen LogP contribution is -2.25. The zero-order valence-corrected chi connectivity index (χ0v) is 36.6. The van der Waals surface area contributed by atoms with Gasteiger partial charge in [0.2, 0.25) is 0 Å². The van der Waals surface area contributed by atoms with Crippen molar-refractivity contribution in [3.05, 3.63) is 60.2 Å². The first-order valence-corrected chi connectivity index (χ1v) is 22.8. The second kappa shape index (κ2) is 20.6. The van der Waals surface area contributed by atoms with Crippen molar-refractivity contribution in [2.24, 2.45) is 21.7 Å². The van der Waals surface area contributed by atoms with Crippen LogP contribution in [0.25, 0.3) is 6.08 Å². The van der Waals surface area contributed by atoms with Gasteiger partial charge in [-0.05, 0) is 116 Å². The summed E-state index contributed by atoms with van der Waals surface area (Å²) in [6.07, 6.45) is 11.9. The molecule has 0 unspecified atom stereocenters. The summed E-state index contributed by atoms with van der Waals surface area (Å²) >= 11 is 0. The normalized spacial score (nSPS) is 15.1. The fourth-order valence-electron chi connectivity index (χ4n) is 6.35. The predicted octanol–water partition coefficient (Wildman–Crippen LogP) is 11.0. The van der Waals surface area contributed by atoms with Crippen molar-refractivity contribution < 1.29 is 31.0 Å². The molecule has 1 fully saturated rings. The maximum atomic E-state index is 13.0. The van der Waals surface area contributed by atoms with E-state index >= 15 is 0 Å². The highest BCUT2D eigenvalue weighted by atomic mass is 32.2. The van der Waals surface area contributed by atoms with Crippen molar-refractivity contribution in [1.82, 2.24) is 0 Å². The minimum Gasteiger partial charge on any atom is -0.490 e. The van der Waals surface area contributed by atoms with Crippen LogP contribution in [0.15, 0.2) is 64.4 Å². The van der Waals surface area contributed by atoms with Gasteiger partial charge in [0.15, 0.2) is 19.7 Å². The Bertz CT molecular complexity index is 1620. The topological polar surface area (TPSA) is 96.0 Å². The molecule has 7 nitrogen and oxygen atoms in total. The first-order chi connectivity index (χ1) is 24.4. The number of hydrogen-bond acceptors (Lipinski definition) is 7. The summed E-state index contributed by atoms with van der Waals surface area (Å²) in [6, 6.07) is 14.2. The number of benzene rings is 2. The first kappa shape index (κ1) is 47.0. The van der Waals surface area contributed by atoms with Crippen LogP contribution in [0.4, 0.5) is 0 Å². The molecule has 0 bridgehead atoms. The number of hydrogen-bond donors (Lipinski definition) is 0. The van der Waals surface area contributed by atoms with Crippen molar-refractivity contribution in [3.63, 3.8) is 0 Å². The van der Waals surface area contributed by atoms with E-state index in [1.54, 1.807) is 36.4 Å². The van der Waals surface area contributed by atoms with E-state index in [0.29, 0.717) is 28.8 Å². The predicted molar refractivity (Wildman–Crippen MR) is 221 cm³/mol.